The molecule has 3 rings (SSSR count). The predicted octanol–water partition coefficient (Wildman–Crippen LogP) is 4.08. The van der Waals surface area contributed by atoms with Crippen molar-refractivity contribution in [2.75, 3.05) is 6.26 Å². The first-order valence-electron chi connectivity index (χ1n) is 7.97. The molecule has 0 radical (unpaired) electrons. The molecule has 0 aliphatic rings. The molecule has 140 valence electrons. The summed E-state index contributed by atoms with van der Waals surface area (Å²) in [5.41, 5.74) is 1.54. The smallest absolute Gasteiger partial charge is 0.282 e. The fourth-order valence-electron chi connectivity index (χ4n) is 2.62. The Balaban J connectivity index is 2.11. The Morgan fingerprint density at radius 1 is 1.04 bits per heavy atom. The summed E-state index contributed by atoms with van der Waals surface area (Å²) in [7, 11) is -3.36. The number of alkyl halides is 2. The Hall–Kier alpha value is -2.87. The highest BCUT2D eigenvalue weighted by molar-refractivity contribution is 7.90. The summed E-state index contributed by atoms with van der Waals surface area (Å²) in [4.78, 5) is 11.6. The normalized spacial score (nSPS) is 11.7. The molecule has 0 bridgehead atoms. The van der Waals surface area contributed by atoms with Gasteiger partial charge in [-0.3, -0.25) is 4.79 Å². The summed E-state index contributed by atoms with van der Waals surface area (Å²) >= 11 is 0. The molecule has 0 amide bonds. The van der Waals surface area contributed by atoms with Crippen LogP contribution in [0.15, 0.2) is 59.5 Å². The predicted molar refractivity (Wildman–Crippen MR) is 97.1 cm³/mol. The highest BCUT2D eigenvalue weighted by Crippen LogP contribution is 2.29. The molecule has 1 aromatic heterocycles. The molecule has 0 aliphatic carbocycles. The van der Waals surface area contributed by atoms with Crippen molar-refractivity contribution in [2.24, 2.45) is 0 Å². The molecule has 0 saturated heterocycles. The minimum absolute atomic E-state index is 0.105. The van der Waals surface area contributed by atoms with Gasteiger partial charge in [-0.1, -0.05) is 12.1 Å². The molecule has 1 heterocycles. The van der Waals surface area contributed by atoms with E-state index in [9.17, 15) is 22.0 Å². The van der Waals surface area contributed by atoms with Crippen LogP contribution < -0.4 is 0 Å². The van der Waals surface area contributed by atoms with Crippen molar-refractivity contribution < 1.29 is 22.0 Å². The Kier molecular flexibility index (Phi) is 4.93. The lowest BCUT2D eigenvalue weighted by Gasteiger charge is -2.09. The number of rotatable bonds is 5. The van der Waals surface area contributed by atoms with E-state index < -0.39 is 22.0 Å². The SMILES string of the molecule is CC(=O)c1ccc(-n2nc(C(F)F)cc2-c2ccc(S(C)(=O)=O)cc2)cc1. The van der Waals surface area contributed by atoms with Crippen LogP contribution in [-0.2, 0) is 9.84 Å². The van der Waals surface area contributed by atoms with Crippen LogP contribution in [0.25, 0.3) is 16.9 Å². The minimum atomic E-state index is -3.36. The van der Waals surface area contributed by atoms with E-state index in [0.717, 1.165) is 6.26 Å². The van der Waals surface area contributed by atoms with Crippen molar-refractivity contribution >= 4 is 15.6 Å². The Morgan fingerprint density at radius 3 is 2.11 bits per heavy atom. The van der Waals surface area contributed by atoms with Gasteiger partial charge in [0, 0.05) is 17.4 Å². The zero-order valence-electron chi connectivity index (χ0n) is 14.6. The van der Waals surface area contributed by atoms with Gasteiger partial charge in [0.1, 0.15) is 5.69 Å². The van der Waals surface area contributed by atoms with Crippen LogP contribution in [0.1, 0.15) is 29.4 Å². The van der Waals surface area contributed by atoms with Crippen molar-refractivity contribution in [3.63, 3.8) is 0 Å². The summed E-state index contributed by atoms with van der Waals surface area (Å²) in [5.74, 6) is -0.105. The van der Waals surface area contributed by atoms with E-state index in [-0.39, 0.29) is 10.7 Å². The lowest BCUT2D eigenvalue weighted by Crippen LogP contribution is -2.01. The van der Waals surface area contributed by atoms with Gasteiger partial charge in [0.25, 0.3) is 6.43 Å². The molecule has 2 aromatic carbocycles. The summed E-state index contributed by atoms with van der Waals surface area (Å²) in [6.45, 7) is 1.44. The number of Topliss-reactive ketones (excluding diaryl/α,β-unsaturated/α-hetero) is 1. The van der Waals surface area contributed by atoms with Crippen molar-refractivity contribution in [2.45, 2.75) is 18.2 Å². The molecular weight excluding hydrogens is 374 g/mol. The van der Waals surface area contributed by atoms with Gasteiger partial charge < -0.3 is 0 Å². The third-order valence-electron chi connectivity index (χ3n) is 4.05. The topological polar surface area (TPSA) is 69.0 Å². The number of nitrogens with zero attached hydrogens (tertiary/aromatic N) is 2. The number of carbonyl (C=O) groups is 1. The second-order valence-electron chi connectivity index (χ2n) is 6.07. The van der Waals surface area contributed by atoms with E-state index in [0.29, 0.717) is 22.5 Å². The maximum atomic E-state index is 13.2. The number of carbonyl (C=O) groups excluding carboxylic acids is 1. The molecule has 0 atom stereocenters. The van der Waals surface area contributed by atoms with Gasteiger partial charge in [-0.2, -0.15) is 5.10 Å². The fraction of sp³-hybridized carbons (Fsp3) is 0.158. The molecule has 8 heteroatoms. The first-order chi connectivity index (χ1) is 12.7. The summed E-state index contributed by atoms with van der Waals surface area (Å²) in [6.07, 6.45) is -1.66. The van der Waals surface area contributed by atoms with Crippen LogP contribution >= 0.6 is 0 Å². The lowest BCUT2D eigenvalue weighted by molar-refractivity contribution is 0.101. The second-order valence-corrected chi connectivity index (χ2v) is 8.08. The van der Waals surface area contributed by atoms with Gasteiger partial charge in [-0.15, -0.1) is 0 Å². The van der Waals surface area contributed by atoms with Gasteiger partial charge in [0.05, 0.1) is 16.3 Å². The van der Waals surface area contributed by atoms with Crippen LogP contribution in [0.5, 0.6) is 0 Å². The Bertz CT molecular complexity index is 1090. The van der Waals surface area contributed by atoms with Crippen LogP contribution in [0, 0.1) is 0 Å². The van der Waals surface area contributed by atoms with Gasteiger partial charge in [0.15, 0.2) is 15.6 Å². The molecule has 0 saturated carbocycles. The highest BCUT2D eigenvalue weighted by atomic mass is 32.2. The Labute approximate surface area is 155 Å². The molecular formula is C19H16F2N2O3S. The van der Waals surface area contributed by atoms with Crippen LogP contribution in [0.3, 0.4) is 0 Å². The van der Waals surface area contributed by atoms with Crippen LogP contribution in [0.2, 0.25) is 0 Å². The van der Waals surface area contributed by atoms with E-state index in [1.807, 2.05) is 0 Å². The van der Waals surface area contributed by atoms with Gasteiger partial charge in [0.2, 0.25) is 0 Å². The largest absolute Gasteiger partial charge is 0.295 e. The number of ketones is 1. The average molecular weight is 390 g/mol. The quantitative estimate of drug-likeness (QED) is 0.616. The molecule has 27 heavy (non-hydrogen) atoms. The Morgan fingerprint density at radius 2 is 1.63 bits per heavy atom. The number of hydrogen-bond donors (Lipinski definition) is 0. The van der Waals surface area contributed by atoms with Crippen LogP contribution in [-0.4, -0.2) is 30.2 Å². The van der Waals surface area contributed by atoms with Crippen LogP contribution in [0.4, 0.5) is 8.78 Å². The second kappa shape index (κ2) is 7.03. The molecule has 0 N–H and O–H groups in total. The summed E-state index contributed by atoms with van der Waals surface area (Å²) in [6, 6.07) is 13.6. The zero-order valence-corrected chi connectivity index (χ0v) is 15.4. The molecule has 0 fully saturated rings. The summed E-state index contributed by atoms with van der Waals surface area (Å²) < 4.78 is 50.9. The van der Waals surface area contributed by atoms with Gasteiger partial charge in [-0.05, 0) is 49.4 Å². The zero-order chi connectivity index (χ0) is 19.8. The van der Waals surface area contributed by atoms with E-state index in [1.165, 1.54) is 29.8 Å². The number of sulfone groups is 1. The number of aromatic nitrogens is 2. The van der Waals surface area contributed by atoms with E-state index in [4.69, 9.17) is 0 Å². The third-order valence-corrected chi connectivity index (χ3v) is 5.18. The van der Waals surface area contributed by atoms with Crippen molar-refractivity contribution in [1.82, 2.24) is 9.78 Å². The number of halogens is 2. The molecule has 0 aliphatic heterocycles. The number of hydrogen-bond acceptors (Lipinski definition) is 4. The van der Waals surface area contributed by atoms with E-state index in [1.54, 1.807) is 36.4 Å². The minimum Gasteiger partial charge on any atom is -0.295 e. The average Bonchev–Trinajstić information content (AvgIpc) is 3.07. The maximum absolute atomic E-state index is 13.2. The van der Waals surface area contributed by atoms with Gasteiger partial charge in [-0.25, -0.2) is 21.9 Å². The highest BCUT2D eigenvalue weighted by Gasteiger charge is 2.18. The fourth-order valence-corrected chi connectivity index (χ4v) is 3.25. The molecule has 3 aromatic rings. The first-order valence-corrected chi connectivity index (χ1v) is 9.86. The monoisotopic (exact) mass is 390 g/mol. The summed E-state index contributed by atoms with van der Waals surface area (Å²) in [5, 5.41) is 3.97. The van der Waals surface area contributed by atoms with E-state index in [2.05, 4.69) is 5.10 Å². The number of benzene rings is 2. The first kappa shape index (κ1) is 18.9. The molecule has 5 nitrogen and oxygen atoms in total. The van der Waals surface area contributed by atoms with Gasteiger partial charge >= 0.3 is 0 Å². The van der Waals surface area contributed by atoms with Crippen molar-refractivity contribution in [1.29, 1.82) is 0 Å². The van der Waals surface area contributed by atoms with Crippen molar-refractivity contribution in [3.05, 3.63) is 65.9 Å². The molecule has 0 spiro atoms. The maximum Gasteiger partial charge on any atom is 0.282 e. The molecule has 0 unspecified atom stereocenters. The van der Waals surface area contributed by atoms with E-state index >= 15 is 0 Å². The third kappa shape index (κ3) is 3.95. The lowest BCUT2D eigenvalue weighted by atomic mass is 10.1. The standard InChI is InChI=1S/C19H16F2N2O3S/c1-12(24)13-3-7-15(8-4-13)23-18(11-17(22-23)19(20)21)14-5-9-16(10-6-14)27(2,25)26/h3-11,19H,1-2H3. The van der Waals surface area contributed by atoms with Crippen molar-refractivity contribution in [3.8, 4) is 16.9 Å².